The van der Waals surface area contributed by atoms with E-state index in [1.807, 2.05) is 6.07 Å². The first kappa shape index (κ1) is 18.1. The number of aromatic nitrogens is 3. The van der Waals surface area contributed by atoms with Crippen LogP contribution < -0.4 is 4.80 Å². The molecule has 0 fully saturated rings. The van der Waals surface area contributed by atoms with Gasteiger partial charge in [0.2, 0.25) is 0 Å². The summed E-state index contributed by atoms with van der Waals surface area (Å²) in [5.74, 6) is -0.970. The van der Waals surface area contributed by atoms with Crippen LogP contribution in [0.3, 0.4) is 0 Å². The first-order valence-corrected chi connectivity index (χ1v) is 9.35. The van der Waals surface area contributed by atoms with Crippen molar-refractivity contribution in [2.24, 2.45) is 4.99 Å². The number of esters is 1. The van der Waals surface area contributed by atoms with Gasteiger partial charge in [-0.15, -0.1) is 0 Å². The van der Waals surface area contributed by atoms with Gasteiger partial charge in [0.25, 0.3) is 5.91 Å². The van der Waals surface area contributed by atoms with Crippen molar-refractivity contribution in [3.63, 3.8) is 0 Å². The third kappa shape index (κ3) is 3.23. The molecule has 3 heterocycles. The van der Waals surface area contributed by atoms with Crippen LogP contribution in [0, 0.1) is 0 Å². The summed E-state index contributed by atoms with van der Waals surface area (Å²) in [6, 6.07) is 10.5. The Morgan fingerprint density at radius 3 is 2.86 bits per heavy atom. The van der Waals surface area contributed by atoms with Crippen LogP contribution in [0.1, 0.15) is 20.0 Å². The molecule has 0 saturated carbocycles. The number of para-hydroxylation sites is 1. The SMILES string of the molecule is COC(=O)c1cn(-c2ccccc2Cl)/c(=N/C(=O)c2ccnc3[nH]ccc23)s1. The lowest BCUT2D eigenvalue weighted by Crippen LogP contribution is -2.15. The largest absolute Gasteiger partial charge is 0.465 e. The van der Waals surface area contributed by atoms with Crippen LogP contribution in [0.25, 0.3) is 16.7 Å². The van der Waals surface area contributed by atoms with Crippen molar-refractivity contribution in [1.82, 2.24) is 14.5 Å². The number of amides is 1. The fourth-order valence-electron chi connectivity index (χ4n) is 2.73. The maximum Gasteiger partial charge on any atom is 0.349 e. The van der Waals surface area contributed by atoms with E-state index in [0.29, 0.717) is 37.0 Å². The molecule has 0 aliphatic carbocycles. The lowest BCUT2D eigenvalue weighted by atomic mass is 10.2. The summed E-state index contributed by atoms with van der Waals surface area (Å²) in [7, 11) is 1.30. The topological polar surface area (TPSA) is 89.3 Å². The highest BCUT2D eigenvalue weighted by Crippen LogP contribution is 2.21. The number of rotatable bonds is 3. The molecule has 0 bridgehead atoms. The molecule has 0 saturated heterocycles. The third-order valence-electron chi connectivity index (χ3n) is 4.04. The molecule has 1 aromatic carbocycles. The highest BCUT2D eigenvalue weighted by molar-refractivity contribution is 7.11. The van der Waals surface area contributed by atoms with Crippen molar-refractivity contribution in [3.8, 4) is 5.69 Å². The van der Waals surface area contributed by atoms with E-state index in [9.17, 15) is 9.59 Å². The normalized spacial score (nSPS) is 11.7. The average Bonchev–Trinajstić information content (AvgIpc) is 3.34. The fourth-order valence-corrected chi connectivity index (χ4v) is 3.86. The first-order chi connectivity index (χ1) is 13.6. The summed E-state index contributed by atoms with van der Waals surface area (Å²) in [6.45, 7) is 0. The van der Waals surface area contributed by atoms with Crippen LogP contribution in [0.15, 0.2) is 60.0 Å². The van der Waals surface area contributed by atoms with Crippen molar-refractivity contribution in [2.75, 3.05) is 7.11 Å². The average molecular weight is 413 g/mol. The number of pyridine rings is 1. The molecule has 0 aliphatic heterocycles. The Morgan fingerprint density at radius 1 is 1.25 bits per heavy atom. The van der Waals surface area contributed by atoms with Crippen molar-refractivity contribution < 1.29 is 14.3 Å². The second kappa shape index (κ2) is 7.41. The number of nitrogens with zero attached hydrogens (tertiary/aromatic N) is 3. The van der Waals surface area contributed by atoms with Gasteiger partial charge in [-0.25, -0.2) is 9.78 Å². The van der Waals surface area contributed by atoms with Crippen LogP contribution in [0.4, 0.5) is 0 Å². The van der Waals surface area contributed by atoms with Gasteiger partial charge in [0.15, 0.2) is 4.80 Å². The van der Waals surface area contributed by atoms with Gasteiger partial charge in [-0.05, 0) is 24.3 Å². The van der Waals surface area contributed by atoms with E-state index in [4.69, 9.17) is 16.3 Å². The Kier molecular flexibility index (Phi) is 4.81. The minimum absolute atomic E-state index is 0.301. The van der Waals surface area contributed by atoms with E-state index in [2.05, 4.69) is 15.0 Å². The molecule has 4 rings (SSSR count). The van der Waals surface area contributed by atoms with E-state index >= 15 is 0 Å². The van der Waals surface area contributed by atoms with Gasteiger partial charge in [-0.1, -0.05) is 35.1 Å². The lowest BCUT2D eigenvalue weighted by Gasteiger charge is -2.05. The highest BCUT2D eigenvalue weighted by atomic mass is 35.5. The van der Waals surface area contributed by atoms with E-state index in [0.717, 1.165) is 11.3 Å². The number of halogens is 1. The predicted molar refractivity (Wildman–Crippen MR) is 106 cm³/mol. The standard InChI is InChI=1S/C19H13ClN4O3S/c1-27-18(26)15-10-24(14-5-3-2-4-13(14)20)19(28-15)23-17(25)12-7-9-22-16-11(12)6-8-21-16/h2-10H,1H3,(H,21,22)/b23-19-. The molecule has 0 unspecified atom stereocenters. The summed E-state index contributed by atoms with van der Waals surface area (Å²) in [5, 5.41) is 1.13. The Labute approximate surface area is 167 Å². The molecular weight excluding hydrogens is 400 g/mol. The smallest absolute Gasteiger partial charge is 0.349 e. The summed E-state index contributed by atoms with van der Waals surface area (Å²) < 4.78 is 6.40. The van der Waals surface area contributed by atoms with Crippen molar-refractivity contribution in [2.45, 2.75) is 0 Å². The van der Waals surface area contributed by atoms with E-state index in [1.165, 1.54) is 13.3 Å². The third-order valence-corrected chi connectivity index (χ3v) is 5.32. The van der Waals surface area contributed by atoms with Crippen LogP contribution in [-0.4, -0.2) is 33.5 Å². The Balaban J connectivity index is 1.89. The maximum absolute atomic E-state index is 12.9. The number of benzene rings is 1. The number of carbonyl (C=O) groups is 2. The minimum atomic E-state index is -0.517. The van der Waals surface area contributed by atoms with Crippen molar-refractivity contribution in [1.29, 1.82) is 0 Å². The number of fused-ring (bicyclic) bond motifs is 1. The summed E-state index contributed by atoms with van der Waals surface area (Å²) >= 11 is 7.34. The molecule has 0 spiro atoms. The molecule has 0 radical (unpaired) electrons. The fraction of sp³-hybridized carbons (Fsp3) is 0.0526. The van der Waals surface area contributed by atoms with E-state index in [-0.39, 0.29) is 0 Å². The predicted octanol–water partition coefficient (Wildman–Crippen LogP) is 3.60. The second-order valence-electron chi connectivity index (χ2n) is 5.71. The number of methoxy groups -OCH3 is 1. The van der Waals surface area contributed by atoms with Gasteiger partial charge >= 0.3 is 5.97 Å². The first-order valence-electron chi connectivity index (χ1n) is 8.15. The summed E-state index contributed by atoms with van der Waals surface area (Å²) in [6.07, 6.45) is 4.80. The van der Waals surface area contributed by atoms with Gasteiger partial charge in [-0.3, -0.25) is 9.36 Å². The Morgan fingerprint density at radius 2 is 2.07 bits per heavy atom. The zero-order valence-corrected chi connectivity index (χ0v) is 16.1. The Bertz CT molecular complexity index is 1270. The van der Waals surface area contributed by atoms with Gasteiger partial charge in [0, 0.05) is 24.0 Å². The van der Waals surface area contributed by atoms with Crippen LogP contribution in [-0.2, 0) is 4.74 Å². The van der Waals surface area contributed by atoms with Crippen LogP contribution in [0.5, 0.6) is 0 Å². The van der Waals surface area contributed by atoms with Gasteiger partial charge in [0.1, 0.15) is 10.5 Å². The number of hydrogen-bond donors (Lipinski definition) is 1. The number of thiazole rings is 1. The summed E-state index contributed by atoms with van der Waals surface area (Å²) in [5.41, 5.74) is 1.61. The summed E-state index contributed by atoms with van der Waals surface area (Å²) in [4.78, 5) is 36.9. The number of ether oxygens (including phenoxy) is 1. The Hall–Kier alpha value is -3.23. The number of H-pyrrole nitrogens is 1. The molecule has 1 N–H and O–H groups in total. The van der Waals surface area contributed by atoms with Crippen molar-refractivity contribution in [3.05, 3.63) is 75.3 Å². The molecule has 0 aliphatic rings. The molecular formula is C19H13ClN4O3S. The second-order valence-corrected chi connectivity index (χ2v) is 7.12. The van der Waals surface area contributed by atoms with Gasteiger partial charge in [0.05, 0.1) is 23.4 Å². The molecule has 3 aromatic heterocycles. The monoisotopic (exact) mass is 412 g/mol. The number of carbonyl (C=O) groups excluding carboxylic acids is 2. The molecule has 28 heavy (non-hydrogen) atoms. The maximum atomic E-state index is 12.9. The highest BCUT2D eigenvalue weighted by Gasteiger charge is 2.16. The number of aromatic amines is 1. The van der Waals surface area contributed by atoms with Gasteiger partial charge in [-0.2, -0.15) is 4.99 Å². The van der Waals surface area contributed by atoms with E-state index in [1.54, 1.807) is 47.3 Å². The molecule has 1 amide bonds. The minimum Gasteiger partial charge on any atom is -0.465 e. The van der Waals surface area contributed by atoms with Crippen LogP contribution in [0.2, 0.25) is 5.02 Å². The van der Waals surface area contributed by atoms with Crippen LogP contribution >= 0.6 is 22.9 Å². The quantitative estimate of drug-likeness (QED) is 0.520. The molecule has 9 heteroatoms. The molecule has 0 atom stereocenters. The van der Waals surface area contributed by atoms with Crippen molar-refractivity contribution >= 4 is 45.8 Å². The lowest BCUT2D eigenvalue weighted by molar-refractivity contribution is 0.0605. The molecule has 140 valence electrons. The number of hydrogen-bond acceptors (Lipinski definition) is 5. The zero-order valence-electron chi connectivity index (χ0n) is 14.5. The van der Waals surface area contributed by atoms with E-state index < -0.39 is 11.9 Å². The molecule has 4 aromatic rings. The van der Waals surface area contributed by atoms with Gasteiger partial charge < -0.3 is 9.72 Å². The number of nitrogens with one attached hydrogen (secondary N) is 1. The molecule has 7 nitrogen and oxygen atoms in total. The zero-order chi connectivity index (χ0) is 19.7.